The molecule has 0 atom stereocenters. The number of hydrogen-bond acceptors (Lipinski definition) is 2. The predicted molar refractivity (Wildman–Crippen MR) is 94.5 cm³/mol. The highest BCUT2D eigenvalue weighted by Crippen LogP contribution is 2.07. The predicted octanol–water partition coefficient (Wildman–Crippen LogP) is 2.19. The molecule has 4 nitrogen and oxygen atoms in total. The summed E-state index contributed by atoms with van der Waals surface area (Å²) < 4.78 is 0. The molecule has 0 spiro atoms. The van der Waals surface area contributed by atoms with Gasteiger partial charge in [0.1, 0.15) is 0 Å². The number of aliphatic imine (C=N–C) groups is 1. The number of benzene rings is 1. The van der Waals surface area contributed by atoms with Crippen LogP contribution in [-0.4, -0.2) is 50.6 Å². The SMILES string of the molecule is CN=C(NCCc1ccc(C)cc1)NCCN1CCCCC1. The van der Waals surface area contributed by atoms with Gasteiger partial charge < -0.3 is 15.5 Å². The average Bonchev–Trinajstić information content (AvgIpc) is 2.56. The van der Waals surface area contributed by atoms with Crippen molar-refractivity contribution in [2.24, 2.45) is 4.99 Å². The standard InChI is InChI=1S/C18H30N4/c1-16-6-8-17(9-7-16)10-11-20-18(19-2)21-12-15-22-13-4-3-5-14-22/h6-9H,3-5,10-15H2,1-2H3,(H2,19,20,21). The van der Waals surface area contributed by atoms with Gasteiger partial charge in [-0.2, -0.15) is 0 Å². The summed E-state index contributed by atoms with van der Waals surface area (Å²) in [6.07, 6.45) is 5.12. The molecule has 22 heavy (non-hydrogen) atoms. The highest BCUT2D eigenvalue weighted by Gasteiger charge is 2.09. The van der Waals surface area contributed by atoms with E-state index in [1.807, 2.05) is 7.05 Å². The van der Waals surface area contributed by atoms with E-state index in [4.69, 9.17) is 0 Å². The number of piperidine rings is 1. The van der Waals surface area contributed by atoms with Gasteiger partial charge in [0.2, 0.25) is 0 Å². The summed E-state index contributed by atoms with van der Waals surface area (Å²) in [5.41, 5.74) is 2.67. The molecule has 0 amide bonds. The van der Waals surface area contributed by atoms with Gasteiger partial charge in [0.15, 0.2) is 5.96 Å². The Balaban J connectivity index is 1.61. The van der Waals surface area contributed by atoms with Crippen LogP contribution in [0.3, 0.4) is 0 Å². The summed E-state index contributed by atoms with van der Waals surface area (Å²) in [7, 11) is 1.84. The monoisotopic (exact) mass is 302 g/mol. The summed E-state index contributed by atoms with van der Waals surface area (Å²) in [6, 6.07) is 8.73. The Morgan fingerprint density at radius 3 is 2.41 bits per heavy atom. The highest BCUT2D eigenvalue weighted by atomic mass is 15.2. The van der Waals surface area contributed by atoms with E-state index in [9.17, 15) is 0 Å². The fourth-order valence-corrected chi connectivity index (χ4v) is 2.82. The van der Waals surface area contributed by atoms with Gasteiger partial charge in [0, 0.05) is 26.7 Å². The first-order valence-corrected chi connectivity index (χ1v) is 8.50. The molecule has 122 valence electrons. The lowest BCUT2D eigenvalue weighted by molar-refractivity contribution is 0.232. The Labute approximate surface area is 135 Å². The van der Waals surface area contributed by atoms with Gasteiger partial charge in [0.25, 0.3) is 0 Å². The molecule has 4 heteroatoms. The molecule has 1 fully saturated rings. The topological polar surface area (TPSA) is 39.7 Å². The largest absolute Gasteiger partial charge is 0.356 e. The molecule has 2 rings (SSSR count). The van der Waals surface area contributed by atoms with E-state index in [-0.39, 0.29) is 0 Å². The molecule has 1 heterocycles. The Bertz CT molecular complexity index is 447. The van der Waals surface area contributed by atoms with E-state index >= 15 is 0 Å². The Kier molecular flexibility index (Phi) is 7.23. The summed E-state index contributed by atoms with van der Waals surface area (Å²) in [6.45, 7) is 7.60. The molecule has 0 aliphatic carbocycles. The van der Waals surface area contributed by atoms with Gasteiger partial charge in [-0.1, -0.05) is 36.2 Å². The summed E-state index contributed by atoms with van der Waals surface area (Å²) in [4.78, 5) is 6.83. The maximum atomic E-state index is 4.29. The van der Waals surface area contributed by atoms with Crippen LogP contribution in [-0.2, 0) is 6.42 Å². The van der Waals surface area contributed by atoms with Crippen LogP contribution in [0.15, 0.2) is 29.3 Å². The Morgan fingerprint density at radius 1 is 1.05 bits per heavy atom. The zero-order valence-electron chi connectivity index (χ0n) is 14.1. The zero-order valence-corrected chi connectivity index (χ0v) is 14.1. The normalized spacial score (nSPS) is 16.5. The third kappa shape index (κ3) is 6.06. The zero-order chi connectivity index (χ0) is 15.6. The molecular weight excluding hydrogens is 272 g/mol. The van der Waals surface area contributed by atoms with Crippen molar-refractivity contribution < 1.29 is 0 Å². The number of hydrogen-bond donors (Lipinski definition) is 2. The highest BCUT2D eigenvalue weighted by molar-refractivity contribution is 5.79. The van der Waals surface area contributed by atoms with Crippen LogP contribution in [0.4, 0.5) is 0 Å². The summed E-state index contributed by atoms with van der Waals surface area (Å²) in [5.74, 6) is 0.907. The minimum absolute atomic E-state index is 0.907. The number of nitrogens with one attached hydrogen (secondary N) is 2. The summed E-state index contributed by atoms with van der Waals surface area (Å²) >= 11 is 0. The first-order chi connectivity index (χ1) is 10.8. The van der Waals surface area contributed by atoms with Crippen LogP contribution in [0.5, 0.6) is 0 Å². The minimum atomic E-state index is 0.907. The first-order valence-electron chi connectivity index (χ1n) is 8.50. The van der Waals surface area contributed by atoms with Crippen molar-refractivity contribution in [3.05, 3.63) is 35.4 Å². The Morgan fingerprint density at radius 2 is 1.73 bits per heavy atom. The van der Waals surface area contributed by atoms with Crippen molar-refractivity contribution in [3.63, 3.8) is 0 Å². The maximum absolute atomic E-state index is 4.29. The van der Waals surface area contributed by atoms with Gasteiger partial charge >= 0.3 is 0 Å². The van der Waals surface area contributed by atoms with Crippen LogP contribution in [0.25, 0.3) is 0 Å². The third-order valence-electron chi connectivity index (χ3n) is 4.22. The number of likely N-dealkylation sites (tertiary alicyclic amines) is 1. The van der Waals surface area contributed by atoms with Crippen molar-refractivity contribution in [1.82, 2.24) is 15.5 Å². The van der Waals surface area contributed by atoms with Gasteiger partial charge in [-0.05, 0) is 44.8 Å². The lowest BCUT2D eigenvalue weighted by atomic mass is 10.1. The van der Waals surface area contributed by atoms with E-state index < -0.39 is 0 Å². The molecule has 1 saturated heterocycles. The second kappa shape index (κ2) is 9.46. The number of nitrogens with zero attached hydrogens (tertiary/aromatic N) is 2. The van der Waals surface area contributed by atoms with Crippen LogP contribution >= 0.6 is 0 Å². The fraction of sp³-hybridized carbons (Fsp3) is 0.611. The second-order valence-corrected chi connectivity index (χ2v) is 6.06. The lowest BCUT2D eigenvalue weighted by Gasteiger charge is -2.26. The lowest BCUT2D eigenvalue weighted by Crippen LogP contribution is -2.43. The van der Waals surface area contributed by atoms with Gasteiger partial charge in [-0.15, -0.1) is 0 Å². The Hall–Kier alpha value is -1.55. The second-order valence-electron chi connectivity index (χ2n) is 6.06. The molecule has 1 aliphatic heterocycles. The van der Waals surface area contributed by atoms with Crippen LogP contribution in [0.1, 0.15) is 30.4 Å². The molecule has 1 aromatic rings. The molecular formula is C18H30N4. The van der Waals surface area contributed by atoms with Gasteiger partial charge in [-0.3, -0.25) is 4.99 Å². The van der Waals surface area contributed by atoms with Gasteiger partial charge in [0.05, 0.1) is 0 Å². The average molecular weight is 302 g/mol. The number of aryl methyl sites for hydroxylation is 1. The van der Waals surface area contributed by atoms with Gasteiger partial charge in [-0.25, -0.2) is 0 Å². The van der Waals surface area contributed by atoms with Crippen molar-refractivity contribution in [2.45, 2.75) is 32.6 Å². The van der Waals surface area contributed by atoms with Crippen LogP contribution in [0, 0.1) is 6.92 Å². The van der Waals surface area contributed by atoms with Crippen LogP contribution < -0.4 is 10.6 Å². The van der Waals surface area contributed by atoms with Crippen molar-refractivity contribution in [1.29, 1.82) is 0 Å². The number of rotatable bonds is 6. The molecule has 0 saturated carbocycles. The number of guanidine groups is 1. The van der Waals surface area contributed by atoms with E-state index in [0.29, 0.717) is 0 Å². The fourth-order valence-electron chi connectivity index (χ4n) is 2.82. The molecule has 0 bridgehead atoms. The summed E-state index contributed by atoms with van der Waals surface area (Å²) in [5, 5.41) is 6.80. The molecule has 1 aromatic carbocycles. The third-order valence-corrected chi connectivity index (χ3v) is 4.22. The molecule has 2 N–H and O–H groups in total. The minimum Gasteiger partial charge on any atom is -0.356 e. The quantitative estimate of drug-likeness (QED) is 0.625. The molecule has 0 radical (unpaired) electrons. The van der Waals surface area contributed by atoms with Crippen molar-refractivity contribution >= 4 is 5.96 Å². The van der Waals surface area contributed by atoms with Crippen molar-refractivity contribution in [3.8, 4) is 0 Å². The maximum Gasteiger partial charge on any atom is 0.191 e. The smallest absolute Gasteiger partial charge is 0.191 e. The van der Waals surface area contributed by atoms with E-state index in [1.54, 1.807) is 0 Å². The van der Waals surface area contributed by atoms with Crippen LogP contribution in [0.2, 0.25) is 0 Å². The molecule has 1 aliphatic rings. The van der Waals surface area contributed by atoms with E-state index in [1.165, 1.54) is 43.5 Å². The first kappa shape index (κ1) is 16.8. The van der Waals surface area contributed by atoms with E-state index in [0.717, 1.165) is 32.0 Å². The van der Waals surface area contributed by atoms with Crippen molar-refractivity contribution in [2.75, 3.05) is 39.8 Å². The van der Waals surface area contributed by atoms with E-state index in [2.05, 4.69) is 51.7 Å². The molecule has 0 aromatic heterocycles. The molecule has 0 unspecified atom stereocenters.